The fraction of sp³-hybridized carbons (Fsp3) is 0.400. The molecule has 0 bridgehead atoms. The zero-order valence-electron chi connectivity index (χ0n) is 12.1. The predicted octanol–water partition coefficient (Wildman–Crippen LogP) is 1.75. The summed E-state index contributed by atoms with van der Waals surface area (Å²) < 4.78 is 0. The molecule has 21 heavy (non-hydrogen) atoms. The zero-order valence-corrected chi connectivity index (χ0v) is 12.1. The minimum Gasteiger partial charge on any atom is -0.481 e. The molecular formula is C15H19N3O3. The van der Waals surface area contributed by atoms with Gasteiger partial charge in [-0.2, -0.15) is 0 Å². The predicted molar refractivity (Wildman–Crippen MR) is 80.2 cm³/mol. The molecule has 1 heterocycles. The molecule has 6 heteroatoms. The van der Waals surface area contributed by atoms with Gasteiger partial charge >= 0.3 is 5.97 Å². The Balaban J connectivity index is 2.18. The van der Waals surface area contributed by atoms with E-state index in [0.717, 1.165) is 5.69 Å². The normalized spacial score (nSPS) is 20.9. The highest BCUT2D eigenvalue weighted by molar-refractivity contribution is 5.97. The number of carboxylic acids is 1. The number of carbonyl (C=O) groups is 2. The first-order valence-corrected chi connectivity index (χ1v) is 6.80. The summed E-state index contributed by atoms with van der Waals surface area (Å²) in [4.78, 5) is 29.5. The highest BCUT2D eigenvalue weighted by atomic mass is 16.4. The lowest BCUT2D eigenvalue weighted by Gasteiger charge is -2.25. The van der Waals surface area contributed by atoms with Crippen LogP contribution in [0, 0.1) is 11.8 Å². The highest BCUT2D eigenvalue weighted by Crippen LogP contribution is 2.29. The van der Waals surface area contributed by atoms with Gasteiger partial charge in [0.15, 0.2) is 0 Å². The standard InChI is InChI=1S/C15H19N3O3/c1-18(2)13-7-8-16-9-12(13)17-14(19)10-5-3-4-6-11(10)15(20)21/h3-4,7-11H,5-6H2,1-2H3,(H,17,19)(H,20,21). The molecule has 2 rings (SSSR count). The van der Waals surface area contributed by atoms with Gasteiger partial charge in [-0.15, -0.1) is 0 Å². The number of carbonyl (C=O) groups excluding carboxylic acids is 1. The van der Waals surface area contributed by atoms with Crippen molar-refractivity contribution in [2.45, 2.75) is 12.8 Å². The number of anilines is 2. The quantitative estimate of drug-likeness (QED) is 0.825. The number of pyridine rings is 1. The topological polar surface area (TPSA) is 82.5 Å². The molecule has 0 saturated heterocycles. The molecule has 1 aromatic rings. The molecule has 6 nitrogen and oxygen atoms in total. The summed E-state index contributed by atoms with van der Waals surface area (Å²) in [6.07, 6.45) is 7.73. The van der Waals surface area contributed by atoms with Gasteiger partial charge in [0.2, 0.25) is 5.91 Å². The molecular weight excluding hydrogens is 270 g/mol. The number of rotatable bonds is 4. The Morgan fingerprint density at radius 3 is 2.57 bits per heavy atom. The van der Waals surface area contributed by atoms with E-state index in [1.807, 2.05) is 31.1 Å². The molecule has 0 aliphatic heterocycles. The van der Waals surface area contributed by atoms with Crippen LogP contribution in [-0.2, 0) is 9.59 Å². The van der Waals surface area contributed by atoms with Gasteiger partial charge in [-0.05, 0) is 18.9 Å². The molecule has 1 aromatic heterocycles. The van der Waals surface area contributed by atoms with Crippen LogP contribution >= 0.6 is 0 Å². The van der Waals surface area contributed by atoms with Crippen LogP contribution in [0.4, 0.5) is 11.4 Å². The van der Waals surface area contributed by atoms with E-state index in [2.05, 4.69) is 10.3 Å². The average Bonchev–Trinajstić information content (AvgIpc) is 2.47. The number of aliphatic carboxylic acids is 1. The molecule has 0 fully saturated rings. The Morgan fingerprint density at radius 1 is 1.29 bits per heavy atom. The van der Waals surface area contributed by atoms with Gasteiger partial charge in [0.25, 0.3) is 0 Å². The molecule has 1 amide bonds. The Labute approximate surface area is 123 Å². The van der Waals surface area contributed by atoms with E-state index in [4.69, 9.17) is 0 Å². The minimum atomic E-state index is -0.932. The van der Waals surface area contributed by atoms with Gasteiger partial charge in [0.1, 0.15) is 0 Å². The van der Waals surface area contributed by atoms with E-state index in [0.29, 0.717) is 18.5 Å². The first-order chi connectivity index (χ1) is 10.0. The van der Waals surface area contributed by atoms with Crippen molar-refractivity contribution in [3.8, 4) is 0 Å². The van der Waals surface area contributed by atoms with Crippen LogP contribution in [0.25, 0.3) is 0 Å². The lowest BCUT2D eigenvalue weighted by molar-refractivity contribution is -0.146. The number of hydrogen-bond acceptors (Lipinski definition) is 4. The summed E-state index contributed by atoms with van der Waals surface area (Å²) in [6.45, 7) is 0. The Bertz CT molecular complexity index is 569. The molecule has 0 saturated carbocycles. The Hall–Kier alpha value is -2.37. The van der Waals surface area contributed by atoms with Crippen LogP contribution in [0.2, 0.25) is 0 Å². The van der Waals surface area contributed by atoms with Crippen molar-refractivity contribution in [1.29, 1.82) is 0 Å². The summed E-state index contributed by atoms with van der Waals surface area (Å²) in [6, 6.07) is 1.80. The summed E-state index contributed by atoms with van der Waals surface area (Å²) in [5.74, 6) is -2.43. The van der Waals surface area contributed by atoms with Crippen molar-refractivity contribution in [1.82, 2.24) is 4.98 Å². The summed E-state index contributed by atoms with van der Waals surface area (Å²) in [5, 5.41) is 12.0. The monoisotopic (exact) mass is 289 g/mol. The molecule has 2 unspecified atom stereocenters. The molecule has 2 N–H and O–H groups in total. The van der Waals surface area contributed by atoms with Crippen molar-refractivity contribution in [2.75, 3.05) is 24.3 Å². The van der Waals surface area contributed by atoms with Crippen molar-refractivity contribution in [3.05, 3.63) is 30.6 Å². The first kappa shape index (κ1) is 15.0. The second-order valence-electron chi connectivity index (χ2n) is 5.27. The van der Waals surface area contributed by atoms with Crippen molar-refractivity contribution in [2.24, 2.45) is 11.8 Å². The zero-order chi connectivity index (χ0) is 15.4. The van der Waals surface area contributed by atoms with Crippen molar-refractivity contribution >= 4 is 23.3 Å². The van der Waals surface area contributed by atoms with Gasteiger partial charge in [-0.25, -0.2) is 0 Å². The lowest BCUT2D eigenvalue weighted by Crippen LogP contribution is -2.35. The van der Waals surface area contributed by atoms with Gasteiger partial charge in [0, 0.05) is 20.3 Å². The summed E-state index contributed by atoms with van der Waals surface area (Å²) in [7, 11) is 3.74. The lowest BCUT2D eigenvalue weighted by atomic mass is 9.82. The van der Waals surface area contributed by atoms with Gasteiger partial charge < -0.3 is 15.3 Å². The maximum atomic E-state index is 12.4. The largest absolute Gasteiger partial charge is 0.481 e. The molecule has 112 valence electrons. The SMILES string of the molecule is CN(C)c1ccncc1NC(=O)C1CC=CCC1C(=O)O. The second kappa shape index (κ2) is 6.39. The van der Waals surface area contributed by atoms with Crippen LogP contribution in [0.15, 0.2) is 30.6 Å². The van der Waals surface area contributed by atoms with E-state index in [1.54, 1.807) is 18.5 Å². The van der Waals surface area contributed by atoms with Crippen LogP contribution in [0.3, 0.4) is 0 Å². The number of nitrogens with one attached hydrogen (secondary N) is 1. The maximum Gasteiger partial charge on any atom is 0.307 e. The van der Waals surface area contributed by atoms with E-state index in [-0.39, 0.29) is 5.91 Å². The second-order valence-corrected chi connectivity index (χ2v) is 5.27. The molecule has 0 radical (unpaired) electrons. The van der Waals surface area contributed by atoms with Crippen LogP contribution in [0.1, 0.15) is 12.8 Å². The third-order valence-corrected chi connectivity index (χ3v) is 3.62. The van der Waals surface area contributed by atoms with E-state index in [9.17, 15) is 14.7 Å². The molecule has 2 atom stereocenters. The molecule has 1 aliphatic carbocycles. The van der Waals surface area contributed by atoms with Crippen molar-refractivity contribution in [3.63, 3.8) is 0 Å². The highest BCUT2D eigenvalue weighted by Gasteiger charge is 2.34. The fourth-order valence-electron chi connectivity index (χ4n) is 2.48. The van der Waals surface area contributed by atoms with E-state index < -0.39 is 17.8 Å². The van der Waals surface area contributed by atoms with Gasteiger partial charge in [-0.1, -0.05) is 12.2 Å². The molecule has 1 aliphatic rings. The number of allylic oxidation sites excluding steroid dienone is 2. The van der Waals surface area contributed by atoms with Crippen LogP contribution < -0.4 is 10.2 Å². The summed E-state index contributed by atoms with van der Waals surface area (Å²) >= 11 is 0. The smallest absolute Gasteiger partial charge is 0.307 e. The number of amides is 1. The third-order valence-electron chi connectivity index (χ3n) is 3.62. The molecule has 0 spiro atoms. The summed E-state index contributed by atoms with van der Waals surface area (Å²) in [5.41, 5.74) is 1.42. The minimum absolute atomic E-state index is 0.275. The Morgan fingerprint density at radius 2 is 1.95 bits per heavy atom. The number of carboxylic acid groups (broad SMARTS) is 1. The average molecular weight is 289 g/mol. The fourth-order valence-corrected chi connectivity index (χ4v) is 2.48. The first-order valence-electron chi connectivity index (χ1n) is 6.80. The third kappa shape index (κ3) is 3.39. The van der Waals surface area contributed by atoms with Crippen LogP contribution in [-0.4, -0.2) is 36.1 Å². The maximum absolute atomic E-state index is 12.4. The van der Waals surface area contributed by atoms with Gasteiger partial charge in [-0.3, -0.25) is 14.6 Å². The molecule has 0 aromatic carbocycles. The number of nitrogens with zero attached hydrogens (tertiary/aromatic N) is 2. The van der Waals surface area contributed by atoms with E-state index >= 15 is 0 Å². The van der Waals surface area contributed by atoms with E-state index in [1.165, 1.54) is 0 Å². The van der Waals surface area contributed by atoms with Crippen LogP contribution in [0.5, 0.6) is 0 Å². The van der Waals surface area contributed by atoms with Crippen molar-refractivity contribution < 1.29 is 14.7 Å². The van der Waals surface area contributed by atoms with Gasteiger partial charge in [0.05, 0.1) is 29.4 Å². The number of aromatic nitrogens is 1. The Kier molecular flexibility index (Phi) is 4.57. The number of hydrogen-bond donors (Lipinski definition) is 2.